The number of Topliss-reactive ketones (excluding diaryl/α,β-unsaturated/α-hetero) is 1. The van der Waals surface area contributed by atoms with Crippen molar-refractivity contribution in [3.63, 3.8) is 0 Å². The molecule has 1 aromatic carbocycles. The average molecular weight is 232 g/mol. The van der Waals surface area contributed by atoms with Crippen LogP contribution in [0.3, 0.4) is 0 Å². The van der Waals surface area contributed by atoms with Crippen LogP contribution in [0.25, 0.3) is 0 Å². The highest BCUT2D eigenvalue weighted by molar-refractivity contribution is 5.99. The third-order valence-corrected chi connectivity index (χ3v) is 3.20. The molecule has 1 fully saturated rings. The van der Waals surface area contributed by atoms with Crippen molar-refractivity contribution in [3.05, 3.63) is 35.4 Å². The van der Waals surface area contributed by atoms with Crippen LogP contribution in [-0.2, 0) is 9.53 Å². The van der Waals surface area contributed by atoms with Crippen LogP contribution < -0.4 is 0 Å². The molecule has 0 spiro atoms. The minimum Gasteiger partial charge on any atom is -0.469 e. The Hall–Kier alpha value is -1.64. The van der Waals surface area contributed by atoms with Crippen molar-refractivity contribution in [1.82, 2.24) is 0 Å². The second-order valence-corrected chi connectivity index (χ2v) is 4.51. The van der Waals surface area contributed by atoms with E-state index in [9.17, 15) is 9.59 Å². The zero-order chi connectivity index (χ0) is 12.4. The Morgan fingerprint density at radius 3 is 2.29 bits per heavy atom. The lowest BCUT2D eigenvalue weighted by molar-refractivity contribution is -0.141. The van der Waals surface area contributed by atoms with Crippen LogP contribution in [0.5, 0.6) is 0 Å². The van der Waals surface area contributed by atoms with Crippen LogP contribution >= 0.6 is 0 Å². The average Bonchev–Trinajstić information content (AvgIpc) is 3.20. The van der Waals surface area contributed by atoms with E-state index < -0.39 is 0 Å². The van der Waals surface area contributed by atoms with Gasteiger partial charge in [-0.1, -0.05) is 24.3 Å². The Labute approximate surface area is 101 Å². The molecule has 0 saturated heterocycles. The number of rotatable bonds is 4. The number of hydrogen-bond donors (Lipinski definition) is 0. The summed E-state index contributed by atoms with van der Waals surface area (Å²) in [6, 6.07) is 7.26. The first-order valence-electron chi connectivity index (χ1n) is 5.85. The van der Waals surface area contributed by atoms with Crippen LogP contribution in [0.2, 0.25) is 0 Å². The van der Waals surface area contributed by atoms with Crippen molar-refractivity contribution in [2.75, 3.05) is 7.11 Å². The van der Waals surface area contributed by atoms with Gasteiger partial charge in [0.1, 0.15) is 0 Å². The van der Waals surface area contributed by atoms with Gasteiger partial charge in [0.25, 0.3) is 0 Å². The number of ether oxygens (including phenoxy) is 1. The van der Waals surface area contributed by atoms with Crippen LogP contribution in [0.1, 0.15) is 41.6 Å². The topological polar surface area (TPSA) is 43.4 Å². The van der Waals surface area contributed by atoms with E-state index in [1.54, 1.807) is 19.1 Å². The third kappa shape index (κ3) is 2.54. The standard InChI is InChI=1S/C14H16O3/c1-9(14(16)17-2)10-3-5-11(6-4-10)13(15)12-7-8-12/h3-6,9,12H,7-8H2,1-2H3/t9-/m1/s1. The first-order valence-corrected chi connectivity index (χ1v) is 5.85. The van der Waals surface area contributed by atoms with Gasteiger partial charge in [0, 0.05) is 11.5 Å². The van der Waals surface area contributed by atoms with Gasteiger partial charge in [-0.25, -0.2) is 0 Å². The molecule has 1 aliphatic carbocycles. The lowest BCUT2D eigenvalue weighted by Crippen LogP contribution is -2.11. The Morgan fingerprint density at radius 2 is 1.82 bits per heavy atom. The largest absolute Gasteiger partial charge is 0.469 e. The van der Waals surface area contributed by atoms with Crippen molar-refractivity contribution in [2.24, 2.45) is 5.92 Å². The predicted octanol–water partition coefficient (Wildman–Crippen LogP) is 2.56. The van der Waals surface area contributed by atoms with Crippen molar-refractivity contribution < 1.29 is 14.3 Å². The number of carbonyl (C=O) groups is 2. The van der Waals surface area contributed by atoms with E-state index in [0.717, 1.165) is 24.0 Å². The minimum absolute atomic E-state index is 0.224. The molecule has 0 heterocycles. The molecule has 2 rings (SSSR count). The zero-order valence-electron chi connectivity index (χ0n) is 10.1. The van der Waals surface area contributed by atoms with E-state index in [1.807, 2.05) is 12.1 Å². The Bertz CT molecular complexity index is 429. The fraction of sp³-hybridized carbons (Fsp3) is 0.429. The third-order valence-electron chi connectivity index (χ3n) is 3.20. The predicted molar refractivity (Wildman–Crippen MR) is 63.9 cm³/mol. The monoisotopic (exact) mass is 232 g/mol. The molecule has 90 valence electrons. The van der Waals surface area contributed by atoms with E-state index in [0.29, 0.717) is 0 Å². The maximum atomic E-state index is 11.8. The fourth-order valence-electron chi connectivity index (χ4n) is 1.83. The van der Waals surface area contributed by atoms with E-state index >= 15 is 0 Å². The molecule has 3 nitrogen and oxygen atoms in total. The lowest BCUT2D eigenvalue weighted by Gasteiger charge is -2.09. The minimum atomic E-state index is -0.287. The van der Waals surface area contributed by atoms with Gasteiger partial charge in [0.05, 0.1) is 13.0 Å². The normalized spacial score (nSPS) is 16.4. The summed E-state index contributed by atoms with van der Waals surface area (Å²) in [5.74, 6) is -0.0856. The van der Waals surface area contributed by atoms with Gasteiger partial charge in [-0.05, 0) is 25.3 Å². The first-order chi connectivity index (χ1) is 8.13. The summed E-state index contributed by atoms with van der Waals surface area (Å²) in [5.41, 5.74) is 1.62. The number of esters is 1. The summed E-state index contributed by atoms with van der Waals surface area (Å²) in [4.78, 5) is 23.1. The molecule has 1 atom stereocenters. The molecule has 0 aliphatic heterocycles. The number of benzene rings is 1. The Kier molecular flexibility index (Phi) is 3.27. The highest BCUT2D eigenvalue weighted by atomic mass is 16.5. The SMILES string of the molecule is COC(=O)[C@H](C)c1ccc(C(=O)C2CC2)cc1. The molecule has 1 aromatic rings. The molecule has 17 heavy (non-hydrogen) atoms. The second kappa shape index (κ2) is 4.70. The number of methoxy groups -OCH3 is 1. The van der Waals surface area contributed by atoms with Crippen molar-refractivity contribution in [2.45, 2.75) is 25.7 Å². The number of carbonyl (C=O) groups excluding carboxylic acids is 2. The second-order valence-electron chi connectivity index (χ2n) is 4.51. The molecule has 0 bridgehead atoms. The van der Waals surface area contributed by atoms with Gasteiger partial charge < -0.3 is 4.74 Å². The summed E-state index contributed by atoms with van der Waals surface area (Å²) in [6.45, 7) is 1.80. The zero-order valence-corrected chi connectivity index (χ0v) is 10.1. The van der Waals surface area contributed by atoms with Crippen LogP contribution in [0.15, 0.2) is 24.3 Å². The van der Waals surface area contributed by atoms with Gasteiger partial charge in [0.2, 0.25) is 0 Å². The van der Waals surface area contributed by atoms with E-state index in [-0.39, 0.29) is 23.6 Å². The molecule has 0 unspecified atom stereocenters. The first kappa shape index (κ1) is 11.8. The smallest absolute Gasteiger partial charge is 0.312 e. The fourth-order valence-corrected chi connectivity index (χ4v) is 1.83. The maximum Gasteiger partial charge on any atom is 0.312 e. The summed E-state index contributed by atoms with van der Waals surface area (Å²) >= 11 is 0. The molecule has 0 aromatic heterocycles. The van der Waals surface area contributed by atoms with Gasteiger partial charge in [-0.15, -0.1) is 0 Å². The van der Waals surface area contributed by atoms with Crippen LogP contribution in [0.4, 0.5) is 0 Å². The van der Waals surface area contributed by atoms with Crippen LogP contribution in [0, 0.1) is 5.92 Å². The van der Waals surface area contributed by atoms with Gasteiger partial charge >= 0.3 is 5.97 Å². The molecular formula is C14H16O3. The van der Waals surface area contributed by atoms with E-state index in [2.05, 4.69) is 4.74 Å². The molecule has 0 amide bonds. The number of ketones is 1. The quantitative estimate of drug-likeness (QED) is 0.592. The van der Waals surface area contributed by atoms with Crippen molar-refractivity contribution in [3.8, 4) is 0 Å². The van der Waals surface area contributed by atoms with Crippen molar-refractivity contribution >= 4 is 11.8 Å². The van der Waals surface area contributed by atoms with Gasteiger partial charge in [-0.3, -0.25) is 9.59 Å². The maximum absolute atomic E-state index is 11.8. The molecule has 0 N–H and O–H groups in total. The summed E-state index contributed by atoms with van der Waals surface area (Å²) in [7, 11) is 1.38. The summed E-state index contributed by atoms with van der Waals surface area (Å²) < 4.78 is 4.69. The molecule has 1 saturated carbocycles. The highest BCUT2D eigenvalue weighted by Crippen LogP contribution is 2.32. The summed E-state index contributed by atoms with van der Waals surface area (Å²) in [5, 5.41) is 0. The lowest BCUT2D eigenvalue weighted by atomic mass is 9.98. The van der Waals surface area contributed by atoms with Crippen LogP contribution in [-0.4, -0.2) is 18.9 Å². The van der Waals surface area contributed by atoms with E-state index in [4.69, 9.17) is 0 Å². The summed E-state index contributed by atoms with van der Waals surface area (Å²) in [6.07, 6.45) is 2.03. The highest BCUT2D eigenvalue weighted by Gasteiger charge is 2.30. The van der Waals surface area contributed by atoms with Gasteiger partial charge in [0.15, 0.2) is 5.78 Å². The van der Waals surface area contributed by atoms with Gasteiger partial charge in [-0.2, -0.15) is 0 Å². The number of hydrogen-bond acceptors (Lipinski definition) is 3. The molecule has 1 aliphatic rings. The van der Waals surface area contributed by atoms with Crippen molar-refractivity contribution in [1.29, 1.82) is 0 Å². The Morgan fingerprint density at radius 1 is 1.24 bits per heavy atom. The molecular weight excluding hydrogens is 216 g/mol. The van der Waals surface area contributed by atoms with E-state index in [1.165, 1.54) is 7.11 Å². The Balaban J connectivity index is 2.12. The molecule has 3 heteroatoms. The molecule has 0 radical (unpaired) electrons.